The van der Waals surface area contributed by atoms with Crippen molar-refractivity contribution in [3.05, 3.63) is 470 Å². The minimum Gasteiger partial charge on any atom is -0.311 e. The topological polar surface area (TPSA) is 6.48 Å². The van der Waals surface area contributed by atoms with E-state index < -0.39 is 0 Å². The Kier molecular flexibility index (Phi) is 19.1. The van der Waals surface area contributed by atoms with Crippen LogP contribution < -0.4 is 9.80 Å². The van der Waals surface area contributed by atoms with Crippen molar-refractivity contribution in [2.24, 2.45) is 0 Å². The highest BCUT2D eigenvalue weighted by molar-refractivity contribution is 6.29. The molecule has 23 aromatic carbocycles. The summed E-state index contributed by atoms with van der Waals surface area (Å²) in [5.74, 6) is 0.920. The molecule has 25 rings (SSSR count). The summed E-state index contributed by atoms with van der Waals surface area (Å²) in [4.78, 5) is 4.86. The average molecular weight is 1690 g/mol. The Bertz CT molecular complexity index is 8330. The molecule has 0 spiro atoms. The Morgan fingerprint density at radius 1 is 0.167 bits per heavy atom. The number of fused-ring (bicyclic) bond motifs is 22. The standard InChI is InChI=1S/C71H49N.C59H49N/c1-71(2)67-42-35-51(43-65(67)66-44-63-57-23-11-9-21-55(57)56-22-10-12-24-58(56)64(63)45-68(66)71)70-61-27-15-13-25-59(61)69(60-26-14-16-28-62(60)70)50-33-40-54(41-34-50)72(52-36-29-48(30-37-52)46-17-5-3-6-18-46)53-38-31-49(32-39-53)47-19-7-4-8-20-47;1-36(2)38-23-28-41(29-24-38)60(42-30-25-39(26-31-42)37(3)4)58-49-21-13-11-19-47(49)57(48-20-12-14-22-50(48)58)40-27-32-55-53(33-40)54-34-51-45-17-9-7-15-43(45)44-16-8-10-18-46(44)52(51)35-56(54)59(55,5)6/h3-45H,1-2H3;7-37H,1-6H3. The van der Waals surface area contributed by atoms with Crippen molar-refractivity contribution in [2.75, 3.05) is 9.80 Å². The van der Waals surface area contributed by atoms with Crippen LogP contribution in [-0.2, 0) is 10.8 Å². The second-order valence-corrected chi connectivity index (χ2v) is 38.0. The van der Waals surface area contributed by atoms with Crippen molar-refractivity contribution >= 4 is 142 Å². The van der Waals surface area contributed by atoms with E-state index in [9.17, 15) is 0 Å². The second-order valence-electron chi connectivity index (χ2n) is 38.0. The van der Waals surface area contributed by atoms with E-state index in [4.69, 9.17) is 0 Å². The van der Waals surface area contributed by atoms with Crippen LogP contribution in [0, 0.1) is 0 Å². The molecule has 0 aromatic heterocycles. The highest BCUT2D eigenvalue weighted by Gasteiger charge is 2.39. The normalized spacial score (nSPS) is 13.0. The van der Waals surface area contributed by atoms with Crippen molar-refractivity contribution in [3.8, 4) is 77.9 Å². The fourth-order valence-corrected chi connectivity index (χ4v) is 22.5. The van der Waals surface area contributed by atoms with Gasteiger partial charge in [-0.3, -0.25) is 0 Å². The van der Waals surface area contributed by atoms with Gasteiger partial charge in [-0.2, -0.15) is 0 Å². The predicted octanol–water partition coefficient (Wildman–Crippen LogP) is 37.0. The van der Waals surface area contributed by atoms with Gasteiger partial charge in [0, 0.05) is 50.0 Å². The molecule has 23 aromatic rings. The molecule has 0 fully saturated rings. The molecule has 628 valence electrons. The maximum atomic E-state index is 2.51. The van der Waals surface area contributed by atoms with Crippen LogP contribution in [0.25, 0.3) is 186 Å². The molecule has 0 aliphatic heterocycles. The van der Waals surface area contributed by atoms with E-state index in [1.165, 1.54) is 225 Å². The van der Waals surface area contributed by atoms with Gasteiger partial charge < -0.3 is 9.80 Å². The largest absolute Gasteiger partial charge is 0.311 e. The van der Waals surface area contributed by atoms with Gasteiger partial charge in [-0.25, -0.2) is 0 Å². The third-order valence-electron chi connectivity index (χ3n) is 29.2. The van der Waals surface area contributed by atoms with E-state index in [1.54, 1.807) is 0 Å². The number of hydrogen-bond acceptors (Lipinski definition) is 2. The lowest BCUT2D eigenvalue weighted by Crippen LogP contribution is -2.15. The van der Waals surface area contributed by atoms with Crippen LogP contribution in [0.2, 0.25) is 0 Å². The SMILES string of the molecule is CC(C)c1ccc(N(c2ccc(C(C)C)cc2)c2c3ccccc3c(-c3ccc4c(c3)-c3cc5c6ccccc6c6ccccc6c5cc3C4(C)C)c3ccccc23)cc1.CC1(C)c2ccc(-c3c4ccccc4c(-c4ccc(N(c5ccc(-c6ccccc6)cc5)c5ccc(-c6ccccc6)cc5)cc4)c4ccccc34)cc2-c2cc3c4ccccc4c4ccccc4c3cc21. The maximum Gasteiger partial charge on any atom is 0.0618 e. The smallest absolute Gasteiger partial charge is 0.0618 e. The van der Waals surface area contributed by atoms with E-state index >= 15 is 0 Å². The molecule has 0 saturated heterocycles. The molecule has 0 saturated carbocycles. The molecule has 2 aliphatic carbocycles. The molecule has 0 unspecified atom stereocenters. The Labute approximate surface area is 772 Å². The van der Waals surface area contributed by atoms with Crippen molar-refractivity contribution in [2.45, 2.75) is 78.1 Å². The van der Waals surface area contributed by atoms with Crippen LogP contribution in [0.1, 0.15) is 101 Å². The lowest BCUT2D eigenvalue weighted by molar-refractivity contribution is 0.661. The first-order valence-corrected chi connectivity index (χ1v) is 46.8. The van der Waals surface area contributed by atoms with Gasteiger partial charge in [0.2, 0.25) is 0 Å². The summed E-state index contributed by atoms with van der Waals surface area (Å²) >= 11 is 0. The van der Waals surface area contributed by atoms with Crippen LogP contribution in [0.4, 0.5) is 34.1 Å². The highest BCUT2D eigenvalue weighted by atomic mass is 15.1. The fourth-order valence-electron chi connectivity index (χ4n) is 22.5. The van der Waals surface area contributed by atoms with Crippen LogP contribution in [-0.4, -0.2) is 0 Å². The molecule has 2 aliphatic rings. The quantitative estimate of drug-likeness (QED) is 0.0838. The first-order valence-electron chi connectivity index (χ1n) is 46.8. The van der Waals surface area contributed by atoms with E-state index in [1.807, 2.05) is 0 Å². The molecule has 0 N–H and O–H groups in total. The molecule has 0 bridgehead atoms. The summed E-state index contributed by atoms with van der Waals surface area (Å²) < 4.78 is 0. The summed E-state index contributed by atoms with van der Waals surface area (Å²) in [7, 11) is 0. The van der Waals surface area contributed by atoms with E-state index in [-0.39, 0.29) is 10.8 Å². The van der Waals surface area contributed by atoms with Gasteiger partial charge in [-0.05, 0) is 317 Å². The van der Waals surface area contributed by atoms with Crippen LogP contribution in [0.5, 0.6) is 0 Å². The number of nitrogens with zero attached hydrogens (tertiary/aromatic N) is 2. The zero-order chi connectivity index (χ0) is 88.8. The molecule has 0 heterocycles. The summed E-state index contributed by atoms with van der Waals surface area (Å²) in [6, 6.07) is 163. The van der Waals surface area contributed by atoms with Crippen LogP contribution >= 0.6 is 0 Å². The van der Waals surface area contributed by atoms with Gasteiger partial charge in [-0.15, -0.1) is 0 Å². The molecule has 0 atom stereocenters. The Morgan fingerprint density at radius 3 is 0.697 bits per heavy atom. The van der Waals surface area contributed by atoms with Gasteiger partial charge in [0.1, 0.15) is 0 Å². The predicted molar refractivity (Wildman–Crippen MR) is 568 cm³/mol. The fraction of sp³-hybridized carbons (Fsp3) is 0.0923. The van der Waals surface area contributed by atoms with Gasteiger partial charge in [0.15, 0.2) is 0 Å². The molecule has 0 amide bonds. The van der Waals surface area contributed by atoms with Crippen LogP contribution in [0.3, 0.4) is 0 Å². The van der Waals surface area contributed by atoms with Crippen molar-refractivity contribution in [1.82, 2.24) is 0 Å². The third kappa shape index (κ3) is 13.0. The van der Waals surface area contributed by atoms with Gasteiger partial charge in [0.05, 0.1) is 5.69 Å². The van der Waals surface area contributed by atoms with E-state index in [0.29, 0.717) is 11.8 Å². The van der Waals surface area contributed by atoms with Gasteiger partial charge in [0.25, 0.3) is 0 Å². The number of rotatable bonds is 13. The number of hydrogen-bond donors (Lipinski definition) is 0. The van der Waals surface area contributed by atoms with Crippen molar-refractivity contribution in [1.29, 1.82) is 0 Å². The van der Waals surface area contributed by atoms with Crippen LogP contribution in [0.15, 0.2) is 437 Å². The lowest BCUT2D eigenvalue weighted by atomic mass is 9.80. The monoisotopic (exact) mass is 1690 g/mol. The minimum absolute atomic E-state index is 0.144. The minimum atomic E-state index is -0.156. The second kappa shape index (κ2) is 31.6. The molecule has 0 radical (unpaired) electrons. The summed E-state index contributed by atoms with van der Waals surface area (Å²) in [5.41, 5.74) is 32.4. The highest BCUT2D eigenvalue weighted by Crippen LogP contribution is 2.58. The molecular weight excluding hydrogens is 1590 g/mol. The van der Waals surface area contributed by atoms with E-state index in [0.717, 1.165) is 28.4 Å². The maximum absolute atomic E-state index is 2.51. The zero-order valence-electron chi connectivity index (χ0n) is 75.6. The van der Waals surface area contributed by atoms with Crippen molar-refractivity contribution in [3.63, 3.8) is 0 Å². The summed E-state index contributed by atoms with van der Waals surface area (Å²) in [6.07, 6.45) is 0. The molecular formula is C130H98N2. The Morgan fingerprint density at radius 2 is 0.386 bits per heavy atom. The van der Waals surface area contributed by atoms with E-state index in [2.05, 4.69) is 502 Å². The number of anilines is 6. The molecule has 132 heavy (non-hydrogen) atoms. The molecule has 2 nitrogen and oxygen atoms in total. The Hall–Kier alpha value is -15.7. The lowest BCUT2D eigenvalue weighted by Gasteiger charge is -2.30. The Balaban J connectivity index is 0.000000148. The first-order chi connectivity index (χ1) is 64.7. The molecule has 2 heteroatoms. The van der Waals surface area contributed by atoms with Crippen molar-refractivity contribution < 1.29 is 0 Å². The zero-order valence-corrected chi connectivity index (χ0v) is 75.6. The summed E-state index contributed by atoms with van der Waals surface area (Å²) in [6.45, 7) is 18.7. The average Bonchev–Trinajstić information content (AvgIpc) is 1.28. The van der Waals surface area contributed by atoms with Gasteiger partial charge in [-0.1, -0.05) is 395 Å². The van der Waals surface area contributed by atoms with Gasteiger partial charge >= 0.3 is 0 Å². The number of benzene rings is 23. The third-order valence-corrected chi connectivity index (χ3v) is 29.2. The summed E-state index contributed by atoms with van der Waals surface area (Å²) in [5, 5.41) is 25.8. The first kappa shape index (κ1) is 79.6.